The quantitative estimate of drug-likeness (QED) is 0.414. The molecule has 1 saturated heterocycles. The zero-order valence-electron chi connectivity index (χ0n) is 11.0. The number of fused-ring (bicyclic) bond motifs is 1. The van der Waals surface area contributed by atoms with Crippen molar-refractivity contribution < 1.29 is 20.1 Å². The Morgan fingerprint density at radius 2 is 2.19 bits per heavy atom. The zero-order valence-corrected chi connectivity index (χ0v) is 11.0. The third-order valence-electron chi connectivity index (χ3n) is 3.48. The predicted molar refractivity (Wildman–Crippen MR) is 70.2 cm³/mol. The third kappa shape index (κ3) is 2.08. The standard InChI is InChI=1S/C11H15N5O5/c1-3(17)7-5(18)6(19)10(21-7)16-2-13-4-8(16)14-11(12)15-9(4)20/h2-3,5-7,10,17-19H,1H3,(H3,12,14,15,20)/t3-,5-,6+,7+,10+/m0/s1. The van der Waals surface area contributed by atoms with Crippen LogP contribution in [0.3, 0.4) is 0 Å². The van der Waals surface area contributed by atoms with E-state index in [1.165, 1.54) is 17.8 Å². The van der Waals surface area contributed by atoms with Crippen LogP contribution in [0.5, 0.6) is 0 Å². The van der Waals surface area contributed by atoms with Crippen molar-refractivity contribution in [3.8, 4) is 0 Å². The largest absolute Gasteiger partial charge is 0.391 e. The molecule has 0 bridgehead atoms. The normalized spacial score (nSPS) is 30.9. The van der Waals surface area contributed by atoms with Gasteiger partial charge in [0, 0.05) is 0 Å². The number of anilines is 1. The highest BCUT2D eigenvalue weighted by atomic mass is 16.6. The monoisotopic (exact) mass is 297 g/mol. The second kappa shape index (κ2) is 4.77. The summed E-state index contributed by atoms with van der Waals surface area (Å²) in [4.78, 5) is 21.9. The van der Waals surface area contributed by atoms with E-state index in [0.717, 1.165) is 0 Å². The van der Waals surface area contributed by atoms with Gasteiger partial charge in [-0.25, -0.2) is 4.98 Å². The molecular formula is C11H15N5O5. The van der Waals surface area contributed by atoms with Crippen molar-refractivity contribution in [1.29, 1.82) is 0 Å². The van der Waals surface area contributed by atoms with E-state index in [2.05, 4.69) is 15.0 Å². The van der Waals surface area contributed by atoms with Crippen LogP contribution in [0.1, 0.15) is 13.2 Å². The number of H-pyrrole nitrogens is 1. The van der Waals surface area contributed by atoms with Crippen LogP contribution < -0.4 is 11.3 Å². The molecule has 5 atom stereocenters. The minimum atomic E-state index is -1.30. The molecule has 6 N–H and O–H groups in total. The van der Waals surface area contributed by atoms with Gasteiger partial charge in [-0.2, -0.15) is 4.98 Å². The third-order valence-corrected chi connectivity index (χ3v) is 3.48. The summed E-state index contributed by atoms with van der Waals surface area (Å²) in [6, 6.07) is 0. The van der Waals surface area contributed by atoms with Crippen LogP contribution in [-0.2, 0) is 4.74 Å². The molecule has 21 heavy (non-hydrogen) atoms. The second-order valence-electron chi connectivity index (χ2n) is 4.99. The highest BCUT2D eigenvalue weighted by Crippen LogP contribution is 2.32. The Hall–Kier alpha value is -2.01. The van der Waals surface area contributed by atoms with Crippen LogP contribution in [-0.4, -0.2) is 59.3 Å². The average molecular weight is 297 g/mol. The number of nitrogens with two attached hydrogens (primary N) is 1. The van der Waals surface area contributed by atoms with E-state index in [4.69, 9.17) is 10.5 Å². The Bertz CT molecular complexity index is 725. The number of hydrogen-bond acceptors (Lipinski definition) is 8. The number of hydrogen-bond donors (Lipinski definition) is 5. The van der Waals surface area contributed by atoms with Crippen LogP contribution in [0.4, 0.5) is 5.95 Å². The van der Waals surface area contributed by atoms with E-state index in [9.17, 15) is 20.1 Å². The summed E-state index contributed by atoms with van der Waals surface area (Å²) in [5.74, 6) is -0.102. The van der Waals surface area contributed by atoms with Gasteiger partial charge < -0.3 is 25.8 Å². The van der Waals surface area contributed by atoms with Crippen LogP contribution in [0.15, 0.2) is 11.1 Å². The van der Waals surface area contributed by atoms with E-state index in [1.807, 2.05) is 0 Å². The van der Waals surface area contributed by atoms with Crippen molar-refractivity contribution >= 4 is 17.1 Å². The van der Waals surface area contributed by atoms with E-state index >= 15 is 0 Å². The van der Waals surface area contributed by atoms with Gasteiger partial charge in [-0.3, -0.25) is 14.3 Å². The summed E-state index contributed by atoms with van der Waals surface area (Å²) in [5.41, 5.74) is 5.13. The minimum Gasteiger partial charge on any atom is -0.391 e. The molecule has 3 heterocycles. The summed E-state index contributed by atoms with van der Waals surface area (Å²) >= 11 is 0. The fourth-order valence-electron chi connectivity index (χ4n) is 2.44. The highest BCUT2D eigenvalue weighted by molar-refractivity contribution is 5.70. The van der Waals surface area contributed by atoms with E-state index in [1.54, 1.807) is 0 Å². The van der Waals surface area contributed by atoms with Crippen LogP contribution in [0, 0.1) is 0 Å². The molecule has 0 radical (unpaired) electrons. The van der Waals surface area contributed by atoms with Gasteiger partial charge >= 0.3 is 0 Å². The molecule has 1 fully saturated rings. The van der Waals surface area contributed by atoms with Crippen molar-refractivity contribution in [3.63, 3.8) is 0 Å². The number of nitrogens with zero attached hydrogens (tertiary/aromatic N) is 3. The van der Waals surface area contributed by atoms with Crippen molar-refractivity contribution in [2.45, 2.75) is 37.6 Å². The summed E-state index contributed by atoms with van der Waals surface area (Å²) in [5, 5.41) is 29.5. The molecule has 0 amide bonds. The molecule has 114 valence electrons. The van der Waals surface area contributed by atoms with Gasteiger partial charge in [0.05, 0.1) is 12.4 Å². The molecule has 1 aliphatic rings. The van der Waals surface area contributed by atoms with Crippen LogP contribution >= 0.6 is 0 Å². The van der Waals surface area contributed by atoms with Gasteiger partial charge in [0.25, 0.3) is 5.56 Å². The van der Waals surface area contributed by atoms with Crippen molar-refractivity contribution in [3.05, 3.63) is 16.7 Å². The molecule has 0 spiro atoms. The Morgan fingerprint density at radius 1 is 1.48 bits per heavy atom. The average Bonchev–Trinajstić information content (AvgIpc) is 2.93. The van der Waals surface area contributed by atoms with Gasteiger partial charge in [0.1, 0.15) is 18.3 Å². The molecule has 0 aliphatic carbocycles. The fraction of sp³-hybridized carbons (Fsp3) is 0.545. The number of aromatic amines is 1. The maximum absolute atomic E-state index is 11.7. The van der Waals surface area contributed by atoms with Crippen LogP contribution in [0.25, 0.3) is 11.2 Å². The van der Waals surface area contributed by atoms with E-state index in [0.29, 0.717) is 0 Å². The van der Waals surface area contributed by atoms with Crippen molar-refractivity contribution in [2.24, 2.45) is 0 Å². The predicted octanol–water partition coefficient (Wildman–Crippen LogP) is -2.30. The van der Waals surface area contributed by atoms with Gasteiger partial charge in [0.2, 0.25) is 5.95 Å². The van der Waals surface area contributed by atoms with Crippen molar-refractivity contribution in [1.82, 2.24) is 19.5 Å². The Morgan fingerprint density at radius 3 is 2.81 bits per heavy atom. The first-order valence-electron chi connectivity index (χ1n) is 6.32. The second-order valence-corrected chi connectivity index (χ2v) is 4.99. The number of rotatable bonds is 2. The molecule has 1 aliphatic heterocycles. The number of imidazole rings is 1. The lowest BCUT2D eigenvalue weighted by atomic mass is 10.1. The van der Waals surface area contributed by atoms with E-state index < -0.39 is 36.2 Å². The highest BCUT2D eigenvalue weighted by Gasteiger charge is 2.46. The molecule has 2 aromatic heterocycles. The molecule has 10 heteroatoms. The molecule has 0 aromatic carbocycles. The molecule has 10 nitrogen and oxygen atoms in total. The first kappa shape index (κ1) is 13.9. The number of aliphatic hydroxyl groups is 3. The zero-order chi connectivity index (χ0) is 15.3. The molecule has 2 aromatic rings. The number of nitrogens with one attached hydrogen (secondary N) is 1. The van der Waals surface area contributed by atoms with E-state index in [-0.39, 0.29) is 17.1 Å². The van der Waals surface area contributed by atoms with Gasteiger partial charge in [-0.05, 0) is 6.92 Å². The maximum Gasteiger partial charge on any atom is 0.280 e. The Labute approximate surface area is 117 Å². The first-order valence-corrected chi connectivity index (χ1v) is 6.32. The fourth-order valence-corrected chi connectivity index (χ4v) is 2.44. The lowest BCUT2D eigenvalue weighted by molar-refractivity contribution is -0.0777. The molecule has 0 saturated carbocycles. The summed E-state index contributed by atoms with van der Waals surface area (Å²) < 4.78 is 6.76. The number of ether oxygens (including phenoxy) is 1. The smallest absolute Gasteiger partial charge is 0.280 e. The lowest BCUT2D eigenvalue weighted by Gasteiger charge is -2.17. The number of aliphatic hydroxyl groups excluding tert-OH is 3. The Kier molecular flexibility index (Phi) is 3.17. The summed E-state index contributed by atoms with van der Waals surface area (Å²) in [6.07, 6.45) is -4.27. The SMILES string of the molecule is C[C@H](O)[C@H]1O[C@@H](n2cnc3c(=O)[nH]c(N)nc32)[C@H](O)[C@@H]1O. The lowest BCUT2D eigenvalue weighted by Crippen LogP contribution is -2.37. The number of nitrogen functional groups attached to an aromatic ring is 1. The van der Waals surface area contributed by atoms with Crippen molar-refractivity contribution in [2.75, 3.05) is 5.73 Å². The molecule has 0 unspecified atom stereocenters. The Balaban J connectivity index is 2.07. The van der Waals surface area contributed by atoms with Gasteiger partial charge in [-0.1, -0.05) is 0 Å². The van der Waals surface area contributed by atoms with Gasteiger partial charge in [0.15, 0.2) is 17.4 Å². The topological polar surface area (TPSA) is 160 Å². The molecular weight excluding hydrogens is 282 g/mol. The van der Waals surface area contributed by atoms with Crippen LogP contribution in [0.2, 0.25) is 0 Å². The molecule has 3 rings (SSSR count). The summed E-state index contributed by atoms with van der Waals surface area (Å²) in [7, 11) is 0. The number of aromatic nitrogens is 4. The minimum absolute atomic E-state index is 0.0370. The first-order chi connectivity index (χ1) is 9.90. The maximum atomic E-state index is 11.7. The summed E-state index contributed by atoms with van der Waals surface area (Å²) in [6.45, 7) is 1.44. The van der Waals surface area contributed by atoms with Gasteiger partial charge in [-0.15, -0.1) is 0 Å².